The van der Waals surface area contributed by atoms with Crippen LogP contribution in [0.4, 0.5) is 4.79 Å². The molecule has 28 heavy (non-hydrogen) atoms. The number of benzene rings is 1. The van der Waals surface area contributed by atoms with Crippen molar-refractivity contribution < 1.29 is 17.9 Å². The van der Waals surface area contributed by atoms with Crippen LogP contribution in [-0.2, 0) is 16.6 Å². The Morgan fingerprint density at radius 2 is 2.04 bits per heavy atom. The maximum Gasteiger partial charge on any atom is 0.317 e. The van der Waals surface area contributed by atoms with Gasteiger partial charge in [-0.3, -0.25) is 0 Å². The van der Waals surface area contributed by atoms with Gasteiger partial charge in [-0.05, 0) is 47.9 Å². The molecule has 1 aromatic carbocycles. The van der Waals surface area contributed by atoms with Crippen molar-refractivity contribution in [3.63, 3.8) is 0 Å². The summed E-state index contributed by atoms with van der Waals surface area (Å²) in [6.45, 7) is 1.10. The average Bonchev–Trinajstić information content (AvgIpc) is 3.43. The maximum absolute atomic E-state index is 12.7. The number of thiophene rings is 1. The number of hydrogen-bond donors (Lipinski definition) is 2. The zero-order valence-electron chi connectivity index (χ0n) is 15.5. The summed E-state index contributed by atoms with van der Waals surface area (Å²) in [4.78, 5) is 14.5. The molecule has 1 aliphatic heterocycles. The number of rotatable bonds is 6. The van der Waals surface area contributed by atoms with Crippen LogP contribution in [-0.4, -0.2) is 45.1 Å². The normalized spacial score (nSPS) is 23.8. The molecule has 2 amide bonds. The molecule has 9 heteroatoms. The Hall–Kier alpha value is -2.10. The Bertz CT molecular complexity index is 929. The topological polar surface area (TPSA) is 87.7 Å². The molecule has 1 aliphatic carbocycles. The summed E-state index contributed by atoms with van der Waals surface area (Å²) >= 11 is 1.20. The van der Waals surface area contributed by atoms with Crippen molar-refractivity contribution in [1.82, 2.24) is 14.9 Å². The van der Waals surface area contributed by atoms with Crippen molar-refractivity contribution in [3.05, 3.63) is 47.3 Å². The molecule has 1 saturated carbocycles. The number of fused-ring (bicyclic) bond motifs is 2. The summed E-state index contributed by atoms with van der Waals surface area (Å²) in [5.41, 5.74) is 0.980. The standard InChI is InChI=1S/C19H23N3O4S2/c1-26-15-6-4-13(5-7-15)11-20-19(23)22-12-14-9-16(17(22)10-14)21-28(24,25)18-3-2-8-27-18/h2-8,14,16-17,21H,9-12H2,1H3,(H,20,23)/t14-,16+,17-/m1/s1. The summed E-state index contributed by atoms with van der Waals surface area (Å²) in [5, 5.41) is 4.69. The zero-order chi connectivity index (χ0) is 19.7. The van der Waals surface area contributed by atoms with Crippen molar-refractivity contribution in [3.8, 4) is 5.75 Å². The predicted molar refractivity (Wildman–Crippen MR) is 107 cm³/mol. The van der Waals surface area contributed by atoms with Crippen molar-refractivity contribution in [2.45, 2.75) is 35.7 Å². The molecule has 3 atom stereocenters. The van der Waals surface area contributed by atoms with Crippen LogP contribution in [0.3, 0.4) is 0 Å². The molecular formula is C19H23N3O4S2. The van der Waals surface area contributed by atoms with E-state index in [4.69, 9.17) is 4.74 Å². The molecule has 2 bridgehead atoms. The first-order valence-corrected chi connectivity index (χ1v) is 11.6. The van der Waals surface area contributed by atoms with Crippen LogP contribution in [0.25, 0.3) is 0 Å². The number of nitrogens with one attached hydrogen (secondary N) is 2. The Balaban J connectivity index is 1.37. The second kappa shape index (κ2) is 7.73. The van der Waals surface area contributed by atoms with E-state index in [0.29, 0.717) is 23.2 Å². The van der Waals surface area contributed by atoms with E-state index in [1.54, 1.807) is 29.5 Å². The van der Waals surface area contributed by atoms with Crippen LogP contribution in [0.15, 0.2) is 46.0 Å². The van der Waals surface area contributed by atoms with Crippen LogP contribution in [0.2, 0.25) is 0 Å². The van der Waals surface area contributed by atoms with Gasteiger partial charge >= 0.3 is 6.03 Å². The third-order valence-electron chi connectivity index (χ3n) is 5.41. The Kier molecular flexibility index (Phi) is 5.31. The first-order chi connectivity index (χ1) is 13.5. The molecule has 1 saturated heterocycles. The predicted octanol–water partition coefficient (Wildman–Crippen LogP) is 2.41. The van der Waals surface area contributed by atoms with E-state index in [-0.39, 0.29) is 18.1 Å². The molecule has 0 unspecified atom stereocenters. The number of carbonyl (C=O) groups excluding carboxylic acids is 1. The van der Waals surface area contributed by atoms with Gasteiger partial charge in [0.15, 0.2) is 0 Å². The van der Waals surface area contributed by atoms with Crippen molar-refractivity contribution in [2.24, 2.45) is 5.92 Å². The average molecular weight is 422 g/mol. The molecule has 1 aromatic heterocycles. The van der Waals surface area contributed by atoms with Gasteiger partial charge in [-0.1, -0.05) is 18.2 Å². The summed E-state index contributed by atoms with van der Waals surface area (Å²) in [7, 11) is -1.92. The van der Waals surface area contributed by atoms with Crippen molar-refractivity contribution >= 4 is 27.4 Å². The molecule has 150 valence electrons. The Morgan fingerprint density at radius 3 is 2.68 bits per heavy atom. The maximum atomic E-state index is 12.7. The molecule has 2 N–H and O–H groups in total. The fraction of sp³-hybridized carbons (Fsp3) is 0.421. The minimum absolute atomic E-state index is 0.101. The molecular weight excluding hydrogens is 398 g/mol. The number of piperidine rings is 1. The van der Waals surface area contributed by atoms with E-state index in [1.165, 1.54) is 11.3 Å². The highest BCUT2D eigenvalue weighted by Gasteiger charge is 2.48. The van der Waals surface area contributed by atoms with Gasteiger partial charge in [-0.25, -0.2) is 17.9 Å². The lowest BCUT2D eigenvalue weighted by Gasteiger charge is -2.33. The fourth-order valence-corrected chi connectivity index (χ4v) is 6.37. The van der Waals surface area contributed by atoms with Crippen molar-refractivity contribution in [2.75, 3.05) is 13.7 Å². The van der Waals surface area contributed by atoms with Crippen LogP contribution < -0.4 is 14.8 Å². The van der Waals surface area contributed by atoms with Gasteiger partial charge in [0, 0.05) is 19.1 Å². The zero-order valence-corrected chi connectivity index (χ0v) is 17.1. The smallest absolute Gasteiger partial charge is 0.317 e. The molecule has 7 nitrogen and oxygen atoms in total. The number of carbonyl (C=O) groups is 1. The lowest BCUT2D eigenvalue weighted by molar-refractivity contribution is 0.170. The van der Waals surface area contributed by atoms with E-state index in [2.05, 4.69) is 10.0 Å². The molecule has 2 heterocycles. The van der Waals surface area contributed by atoms with Crippen LogP contribution >= 0.6 is 11.3 Å². The minimum Gasteiger partial charge on any atom is -0.497 e. The Morgan fingerprint density at radius 1 is 1.25 bits per heavy atom. The number of likely N-dealkylation sites (tertiary alicyclic amines) is 1. The molecule has 0 spiro atoms. The SMILES string of the molecule is COc1ccc(CNC(=O)N2C[C@@H]3C[C@H](NS(=O)(=O)c4cccs4)[C@H]2C3)cc1. The van der Waals surface area contributed by atoms with Gasteiger partial charge in [0.05, 0.1) is 13.2 Å². The summed E-state index contributed by atoms with van der Waals surface area (Å²) in [6.07, 6.45) is 1.62. The molecule has 0 radical (unpaired) electrons. The number of sulfonamides is 1. The second-order valence-electron chi connectivity index (χ2n) is 7.22. The van der Waals surface area contributed by atoms with Gasteiger partial charge in [0.1, 0.15) is 9.96 Å². The first-order valence-electron chi connectivity index (χ1n) is 9.19. The van der Waals surface area contributed by atoms with E-state index in [1.807, 2.05) is 24.3 Å². The van der Waals surface area contributed by atoms with E-state index in [9.17, 15) is 13.2 Å². The molecule has 2 aliphatic rings. The largest absolute Gasteiger partial charge is 0.497 e. The summed E-state index contributed by atoms with van der Waals surface area (Å²) < 4.78 is 33.3. The highest BCUT2D eigenvalue weighted by atomic mass is 32.2. The summed E-state index contributed by atoms with van der Waals surface area (Å²) in [6, 6.07) is 10.4. The van der Waals surface area contributed by atoms with Crippen molar-refractivity contribution in [1.29, 1.82) is 0 Å². The van der Waals surface area contributed by atoms with Gasteiger partial charge in [0.2, 0.25) is 10.0 Å². The van der Waals surface area contributed by atoms with Gasteiger partial charge in [-0.15, -0.1) is 11.3 Å². The second-order valence-corrected chi connectivity index (χ2v) is 10.1. The highest BCUT2D eigenvalue weighted by Crippen LogP contribution is 2.38. The summed E-state index contributed by atoms with van der Waals surface area (Å²) in [5.74, 6) is 1.11. The minimum atomic E-state index is -3.54. The third-order valence-corrected chi connectivity index (χ3v) is 8.30. The van der Waals surface area contributed by atoms with E-state index in [0.717, 1.165) is 24.2 Å². The van der Waals surface area contributed by atoms with Crippen LogP contribution in [0.5, 0.6) is 5.75 Å². The lowest BCUT2D eigenvalue weighted by Crippen LogP contribution is -2.54. The lowest BCUT2D eigenvalue weighted by atomic mass is 10.1. The number of ether oxygens (including phenoxy) is 1. The van der Waals surface area contributed by atoms with Crippen LogP contribution in [0.1, 0.15) is 18.4 Å². The first kappa shape index (κ1) is 19.2. The molecule has 2 aromatic rings. The number of hydrogen-bond acceptors (Lipinski definition) is 5. The number of nitrogens with zero attached hydrogens (tertiary/aromatic N) is 1. The van der Waals surface area contributed by atoms with Gasteiger partial charge < -0.3 is 15.0 Å². The molecule has 2 fully saturated rings. The third kappa shape index (κ3) is 3.87. The number of methoxy groups -OCH3 is 1. The highest BCUT2D eigenvalue weighted by molar-refractivity contribution is 7.91. The van der Waals surface area contributed by atoms with Gasteiger partial charge in [-0.2, -0.15) is 0 Å². The number of amides is 2. The fourth-order valence-electron chi connectivity index (χ4n) is 4.08. The number of urea groups is 1. The Labute approximate surface area is 168 Å². The molecule has 4 rings (SSSR count). The van der Waals surface area contributed by atoms with Gasteiger partial charge in [0.25, 0.3) is 0 Å². The van der Waals surface area contributed by atoms with E-state index >= 15 is 0 Å². The monoisotopic (exact) mass is 421 g/mol. The van der Waals surface area contributed by atoms with Crippen LogP contribution in [0, 0.1) is 5.92 Å². The van der Waals surface area contributed by atoms with E-state index < -0.39 is 10.0 Å². The quantitative estimate of drug-likeness (QED) is 0.750.